The molecule has 0 aromatic heterocycles. The van der Waals surface area contributed by atoms with Crippen LogP contribution in [-0.4, -0.2) is 57.2 Å². The number of aliphatic imine (C=N–C) groups is 1. The van der Waals surface area contributed by atoms with E-state index in [1.165, 1.54) is 0 Å². The maximum absolute atomic E-state index is 12.4. The van der Waals surface area contributed by atoms with Crippen LogP contribution in [0.3, 0.4) is 0 Å². The number of likely N-dealkylation sites (N-methyl/N-ethyl adjacent to an activating group) is 1. The summed E-state index contributed by atoms with van der Waals surface area (Å²) in [6.45, 7) is 7.27. The Labute approximate surface area is 191 Å². The van der Waals surface area contributed by atoms with Crippen molar-refractivity contribution in [1.29, 1.82) is 0 Å². The fourth-order valence-electron chi connectivity index (χ4n) is 3.24. The van der Waals surface area contributed by atoms with Crippen molar-refractivity contribution in [3.8, 4) is 11.5 Å². The molecule has 2 rings (SSSR count). The first-order chi connectivity index (χ1) is 15.2. The van der Waals surface area contributed by atoms with Crippen molar-refractivity contribution in [2.45, 2.75) is 39.3 Å². The maximum Gasteiger partial charge on any atom is 0.251 e. The molecule has 0 aliphatic rings. The number of guanidine groups is 1. The number of carbonyl (C=O) groups is 1. The topological polar surface area (TPSA) is 75.2 Å². The summed E-state index contributed by atoms with van der Waals surface area (Å²) in [5, 5.41) is 6.37. The molecule has 32 heavy (non-hydrogen) atoms. The zero-order valence-electron chi connectivity index (χ0n) is 20.3. The lowest BCUT2D eigenvalue weighted by Gasteiger charge is -2.23. The summed E-state index contributed by atoms with van der Waals surface area (Å²) in [6, 6.07) is 13.6. The Morgan fingerprint density at radius 1 is 1.03 bits per heavy atom. The molecule has 2 N–H and O–H groups in total. The number of methoxy groups -OCH3 is 2. The van der Waals surface area contributed by atoms with E-state index in [2.05, 4.69) is 20.5 Å². The Morgan fingerprint density at radius 3 is 2.38 bits per heavy atom. The van der Waals surface area contributed by atoms with Gasteiger partial charge >= 0.3 is 0 Å². The lowest BCUT2D eigenvalue weighted by Crippen LogP contribution is -2.40. The van der Waals surface area contributed by atoms with E-state index in [0.29, 0.717) is 12.1 Å². The Kier molecular flexibility index (Phi) is 8.93. The highest BCUT2D eigenvalue weighted by Gasteiger charge is 2.15. The second-order valence-electron chi connectivity index (χ2n) is 8.67. The normalized spacial score (nSPS) is 11.7. The number of ether oxygens (including phenoxy) is 2. The summed E-state index contributed by atoms with van der Waals surface area (Å²) >= 11 is 0. The molecule has 1 amide bonds. The standard InChI is InChI=1S/C25H36N4O3/c1-25(2,3)28-23(30)20-10-8-9-19(15-20)17-27-24(26-4)29(5)14-13-18-11-12-21(31-6)22(16-18)32-7/h8-12,15-16H,13-14,17H2,1-7H3,(H,26,27)(H,28,30). The number of rotatable bonds is 8. The fraction of sp³-hybridized carbons (Fsp3) is 0.440. The predicted molar refractivity (Wildman–Crippen MR) is 130 cm³/mol. The van der Waals surface area contributed by atoms with E-state index in [1.807, 2.05) is 70.3 Å². The third-order valence-corrected chi connectivity index (χ3v) is 4.89. The zero-order valence-corrected chi connectivity index (χ0v) is 20.3. The molecule has 0 unspecified atom stereocenters. The lowest BCUT2D eigenvalue weighted by atomic mass is 10.1. The first kappa shape index (κ1) is 25.0. The number of hydrogen-bond donors (Lipinski definition) is 2. The van der Waals surface area contributed by atoms with Crippen LogP contribution >= 0.6 is 0 Å². The molecule has 0 spiro atoms. The number of benzene rings is 2. The minimum absolute atomic E-state index is 0.0734. The Bertz CT molecular complexity index is 935. The van der Waals surface area contributed by atoms with Crippen molar-refractivity contribution >= 4 is 11.9 Å². The van der Waals surface area contributed by atoms with Crippen LogP contribution in [0.4, 0.5) is 0 Å². The highest BCUT2D eigenvalue weighted by atomic mass is 16.5. The summed E-state index contributed by atoms with van der Waals surface area (Å²) in [4.78, 5) is 18.9. The van der Waals surface area contributed by atoms with Crippen LogP contribution < -0.4 is 20.1 Å². The Morgan fingerprint density at radius 2 is 1.75 bits per heavy atom. The quantitative estimate of drug-likeness (QED) is 0.486. The smallest absolute Gasteiger partial charge is 0.251 e. The molecule has 0 aliphatic carbocycles. The molecule has 0 atom stereocenters. The maximum atomic E-state index is 12.4. The SMILES string of the molecule is CN=C(NCc1cccc(C(=O)NC(C)(C)C)c1)N(C)CCc1ccc(OC)c(OC)c1. The van der Waals surface area contributed by atoms with Gasteiger partial charge in [0.05, 0.1) is 14.2 Å². The van der Waals surface area contributed by atoms with Gasteiger partial charge in [-0.2, -0.15) is 0 Å². The van der Waals surface area contributed by atoms with E-state index >= 15 is 0 Å². The molecule has 0 radical (unpaired) electrons. The van der Waals surface area contributed by atoms with Crippen molar-refractivity contribution in [2.24, 2.45) is 4.99 Å². The van der Waals surface area contributed by atoms with Crippen LogP contribution in [-0.2, 0) is 13.0 Å². The molecule has 2 aromatic carbocycles. The van der Waals surface area contributed by atoms with E-state index in [-0.39, 0.29) is 11.4 Å². The molecule has 2 aromatic rings. The molecule has 0 aliphatic heterocycles. The van der Waals surface area contributed by atoms with Gasteiger partial charge in [-0.25, -0.2) is 0 Å². The number of carbonyl (C=O) groups excluding carboxylic acids is 1. The van der Waals surface area contributed by atoms with Crippen molar-refractivity contribution in [1.82, 2.24) is 15.5 Å². The molecule has 0 bridgehead atoms. The molecule has 0 saturated heterocycles. The molecular weight excluding hydrogens is 404 g/mol. The molecular formula is C25H36N4O3. The largest absolute Gasteiger partial charge is 0.493 e. The predicted octanol–water partition coefficient (Wildman–Crippen LogP) is 3.48. The summed E-state index contributed by atoms with van der Waals surface area (Å²) in [6.07, 6.45) is 0.833. The molecule has 7 nitrogen and oxygen atoms in total. The average Bonchev–Trinajstić information content (AvgIpc) is 2.76. The lowest BCUT2D eigenvalue weighted by molar-refractivity contribution is 0.0919. The van der Waals surface area contributed by atoms with Crippen molar-refractivity contribution in [3.63, 3.8) is 0 Å². The monoisotopic (exact) mass is 440 g/mol. The van der Waals surface area contributed by atoms with Gasteiger partial charge in [-0.15, -0.1) is 0 Å². The average molecular weight is 441 g/mol. The van der Waals surface area contributed by atoms with Gasteiger partial charge in [-0.1, -0.05) is 18.2 Å². The minimum atomic E-state index is -0.274. The highest BCUT2D eigenvalue weighted by Crippen LogP contribution is 2.27. The number of amides is 1. The zero-order chi connectivity index (χ0) is 23.7. The Balaban J connectivity index is 1.95. The molecule has 174 valence electrons. The Hall–Kier alpha value is -3.22. The van der Waals surface area contributed by atoms with Gasteiger partial charge < -0.3 is 25.0 Å². The number of nitrogens with zero attached hydrogens (tertiary/aromatic N) is 2. The van der Waals surface area contributed by atoms with Gasteiger partial charge in [-0.3, -0.25) is 9.79 Å². The molecule has 7 heteroatoms. The van der Waals surface area contributed by atoms with Gasteiger partial charge in [0.2, 0.25) is 0 Å². The molecule has 0 heterocycles. The first-order valence-electron chi connectivity index (χ1n) is 10.7. The van der Waals surface area contributed by atoms with Crippen LogP contribution in [0.1, 0.15) is 42.3 Å². The summed E-state index contributed by atoms with van der Waals surface area (Å²) in [7, 11) is 7.04. The molecule has 0 saturated carbocycles. The van der Waals surface area contributed by atoms with E-state index in [0.717, 1.165) is 41.6 Å². The van der Waals surface area contributed by atoms with Gasteiger partial charge in [0, 0.05) is 38.3 Å². The number of nitrogens with one attached hydrogen (secondary N) is 2. The van der Waals surface area contributed by atoms with Crippen LogP contribution in [0.5, 0.6) is 11.5 Å². The van der Waals surface area contributed by atoms with Crippen LogP contribution in [0.25, 0.3) is 0 Å². The second-order valence-corrected chi connectivity index (χ2v) is 8.67. The van der Waals surface area contributed by atoms with Crippen molar-refractivity contribution in [2.75, 3.05) is 34.9 Å². The highest BCUT2D eigenvalue weighted by molar-refractivity contribution is 5.94. The van der Waals surface area contributed by atoms with Gasteiger partial charge in [0.1, 0.15) is 0 Å². The van der Waals surface area contributed by atoms with E-state index in [4.69, 9.17) is 9.47 Å². The van der Waals surface area contributed by atoms with Gasteiger partial charge in [-0.05, 0) is 62.6 Å². The van der Waals surface area contributed by atoms with Crippen molar-refractivity contribution in [3.05, 3.63) is 59.2 Å². The van der Waals surface area contributed by atoms with Gasteiger partial charge in [0.25, 0.3) is 5.91 Å². The van der Waals surface area contributed by atoms with Crippen LogP contribution in [0.2, 0.25) is 0 Å². The third-order valence-electron chi connectivity index (χ3n) is 4.89. The fourth-order valence-corrected chi connectivity index (χ4v) is 3.24. The van der Waals surface area contributed by atoms with E-state index < -0.39 is 0 Å². The van der Waals surface area contributed by atoms with Gasteiger partial charge in [0.15, 0.2) is 17.5 Å². The minimum Gasteiger partial charge on any atom is -0.493 e. The molecule has 0 fully saturated rings. The van der Waals surface area contributed by atoms with E-state index in [9.17, 15) is 4.79 Å². The number of hydrogen-bond acceptors (Lipinski definition) is 4. The first-order valence-corrected chi connectivity index (χ1v) is 10.7. The summed E-state index contributed by atoms with van der Waals surface area (Å²) < 4.78 is 10.7. The summed E-state index contributed by atoms with van der Waals surface area (Å²) in [5.74, 6) is 2.16. The third kappa shape index (κ3) is 7.48. The van der Waals surface area contributed by atoms with Crippen LogP contribution in [0.15, 0.2) is 47.5 Å². The second kappa shape index (κ2) is 11.4. The van der Waals surface area contributed by atoms with Crippen LogP contribution in [0, 0.1) is 0 Å². The summed E-state index contributed by atoms with van der Waals surface area (Å²) in [5.41, 5.74) is 2.55. The van der Waals surface area contributed by atoms with E-state index in [1.54, 1.807) is 21.3 Å². The van der Waals surface area contributed by atoms with Crippen molar-refractivity contribution < 1.29 is 14.3 Å².